The van der Waals surface area contributed by atoms with Crippen molar-refractivity contribution < 1.29 is 9.63 Å². The molecular formula is C10H9BrN2O2. The van der Waals surface area contributed by atoms with Gasteiger partial charge in [-0.3, -0.25) is 0 Å². The van der Waals surface area contributed by atoms with Gasteiger partial charge in [0.25, 0.3) is 0 Å². The quantitative estimate of drug-likeness (QED) is 0.834. The van der Waals surface area contributed by atoms with E-state index in [-0.39, 0.29) is 5.75 Å². The average molecular weight is 269 g/mol. The minimum Gasteiger partial charge on any atom is -0.507 e. The number of aryl methyl sites for hydroxylation is 1. The summed E-state index contributed by atoms with van der Waals surface area (Å²) in [5.74, 6) is 0.922. The summed E-state index contributed by atoms with van der Waals surface area (Å²) >= 11 is 3.35. The van der Waals surface area contributed by atoms with Crippen molar-refractivity contribution in [3.8, 4) is 17.1 Å². The van der Waals surface area contributed by atoms with Crippen LogP contribution in [0.4, 0.5) is 5.82 Å². The normalized spacial score (nSPS) is 10.5. The third-order valence-corrected chi connectivity index (χ3v) is 2.52. The Balaban J connectivity index is 2.62. The topological polar surface area (TPSA) is 72.3 Å². The third-order valence-electron chi connectivity index (χ3n) is 2.06. The monoisotopic (exact) mass is 268 g/mol. The largest absolute Gasteiger partial charge is 0.507 e. The molecule has 4 nitrogen and oxygen atoms in total. The molecule has 0 amide bonds. The minimum atomic E-state index is 0.175. The molecule has 0 saturated carbocycles. The van der Waals surface area contributed by atoms with E-state index in [0.717, 1.165) is 10.0 Å². The summed E-state index contributed by atoms with van der Waals surface area (Å²) < 4.78 is 5.85. The average Bonchev–Trinajstić information content (AvgIpc) is 2.58. The fraction of sp³-hybridized carbons (Fsp3) is 0.100. The van der Waals surface area contributed by atoms with Gasteiger partial charge < -0.3 is 15.4 Å². The van der Waals surface area contributed by atoms with Gasteiger partial charge in [-0.15, -0.1) is 0 Å². The number of hydrogen-bond acceptors (Lipinski definition) is 4. The van der Waals surface area contributed by atoms with Gasteiger partial charge in [0.15, 0.2) is 11.6 Å². The lowest BCUT2D eigenvalue weighted by atomic mass is 10.1. The van der Waals surface area contributed by atoms with Crippen molar-refractivity contribution in [3.63, 3.8) is 0 Å². The molecule has 0 radical (unpaired) electrons. The molecule has 0 spiro atoms. The van der Waals surface area contributed by atoms with Gasteiger partial charge in [-0.1, -0.05) is 21.1 Å². The van der Waals surface area contributed by atoms with Crippen LogP contribution in [0.15, 0.2) is 27.2 Å². The number of nitrogens with zero attached hydrogens (tertiary/aromatic N) is 1. The molecule has 2 rings (SSSR count). The first kappa shape index (κ1) is 10.0. The highest BCUT2D eigenvalue weighted by atomic mass is 79.9. The summed E-state index contributed by atoms with van der Waals surface area (Å²) in [6.07, 6.45) is 0. The van der Waals surface area contributed by atoms with Crippen molar-refractivity contribution in [2.45, 2.75) is 6.92 Å². The number of rotatable bonds is 1. The third kappa shape index (κ3) is 1.83. The number of hydrogen-bond donors (Lipinski definition) is 2. The molecule has 1 aromatic carbocycles. The number of anilines is 1. The molecule has 0 atom stereocenters. The molecule has 0 bridgehead atoms. The van der Waals surface area contributed by atoms with Crippen LogP contribution in [0.3, 0.4) is 0 Å². The summed E-state index contributed by atoms with van der Waals surface area (Å²) in [6.45, 7) is 1.81. The zero-order valence-electron chi connectivity index (χ0n) is 7.99. The van der Waals surface area contributed by atoms with E-state index in [1.54, 1.807) is 12.1 Å². The molecule has 0 aliphatic rings. The summed E-state index contributed by atoms with van der Waals surface area (Å²) in [6, 6.07) is 5.14. The van der Waals surface area contributed by atoms with Crippen molar-refractivity contribution in [1.82, 2.24) is 5.16 Å². The number of nitrogen functional groups attached to an aromatic ring is 1. The van der Waals surface area contributed by atoms with Crippen LogP contribution in [0, 0.1) is 6.92 Å². The summed E-state index contributed by atoms with van der Waals surface area (Å²) in [4.78, 5) is 0. The van der Waals surface area contributed by atoms with Gasteiger partial charge in [0.1, 0.15) is 5.75 Å². The molecule has 0 saturated heterocycles. The maximum absolute atomic E-state index is 9.84. The van der Waals surface area contributed by atoms with Gasteiger partial charge in [-0.05, 0) is 24.6 Å². The van der Waals surface area contributed by atoms with E-state index in [0.29, 0.717) is 17.1 Å². The molecule has 2 aromatic rings. The number of benzene rings is 1. The highest BCUT2D eigenvalue weighted by Crippen LogP contribution is 2.35. The van der Waals surface area contributed by atoms with Crippen LogP contribution in [-0.2, 0) is 0 Å². The summed E-state index contributed by atoms with van der Waals surface area (Å²) in [5, 5.41) is 13.4. The molecule has 1 aromatic heterocycles. The number of aromatic nitrogens is 1. The Labute approximate surface area is 94.8 Å². The SMILES string of the molecule is Cc1cc(Br)cc(-c2cc(N)no2)c1O. The van der Waals surface area contributed by atoms with Crippen molar-refractivity contribution >= 4 is 21.7 Å². The number of phenolic OH excluding ortho intramolecular Hbond substituents is 1. The van der Waals surface area contributed by atoms with Gasteiger partial charge >= 0.3 is 0 Å². The molecule has 0 fully saturated rings. The summed E-state index contributed by atoms with van der Waals surface area (Å²) in [5.41, 5.74) is 6.78. The lowest BCUT2D eigenvalue weighted by molar-refractivity contribution is 0.428. The maximum atomic E-state index is 9.84. The Kier molecular flexibility index (Phi) is 2.40. The van der Waals surface area contributed by atoms with Crippen molar-refractivity contribution in [2.24, 2.45) is 0 Å². The van der Waals surface area contributed by atoms with Crippen LogP contribution < -0.4 is 5.73 Å². The second kappa shape index (κ2) is 3.58. The molecule has 0 aliphatic heterocycles. The molecule has 3 N–H and O–H groups in total. The summed E-state index contributed by atoms with van der Waals surface area (Å²) in [7, 11) is 0. The number of aromatic hydroxyl groups is 1. The smallest absolute Gasteiger partial charge is 0.172 e. The van der Waals surface area contributed by atoms with Crippen LogP contribution in [-0.4, -0.2) is 10.3 Å². The van der Waals surface area contributed by atoms with Crippen molar-refractivity contribution in [3.05, 3.63) is 28.2 Å². The van der Waals surface area contributed by atoms with E-state index in [2.05, 4.69) is 21.1 Å². The van der Waals surface area contributed by atoms with E-state index in [1.165, 1.54) is 0 Å². The lowest BCUT2D eigenvalue weighted by Crippen LogP contribution is -1.82. The molecule has 1 heterocycles. The van der Waals surface area contributed by atoms with Gasteiger partial charge in [-0.2, -0.15) is 0 Å². The molecule has 0 unspecified atom stereocenters. The van der Waals surface area contributed by atoms with Crippen molar-refractivity contribution in [1.29, 1.82) is 0 Å². The van der Waals surface area contributed by atoms with Crippen LogP contribution in [0.1, 0.15) is 5.56 Å². The van der Waals surface area contributed by atoms with E-state index < -0.39 is 0 Å². The fourth-order valence-corrected chi connectivity index (χ4v) is 1.91. The first-order valence-corrected chi connectivity index (χ1v) is 5.09. The van der Waals surface area contributed by atoms with E-state index in [1.807, 2.05) is 13.0 Å². The van der Waals surface area contributed by atoms with Crippen molar-refractivity contribution in [2.75, 3.05) is 5.73 Å². The molecule has 78 valence electrons. The number of nitrogens with two attached hydrogens (primary N) is 1. The first-order valence-electron chi connectivity index (χ1n) is 4.29. The Bertz CT molecular complexity index is 508. The Hall–Kier alpha value is -1.49. The van der Waals surface area contributed by atoms with Crippen LogP contribution in [0.2, 0.25) is 0 Å². The minimum absolute atomic E-state index is 0.175. The Morgan fingerprint density at radius 2 is 2.13 bits per heavy atom. The van der Waals surface area contributed by atoms with E-state index >= 15 is 0 Å². The standard InChI is InChI=1S/C10H9BrN2O2/c1-5-2-6(11)3-7(10(5)14)8-4-9(12)13-15-8/h2-4,14H,1H3,(H2,12,13). The molecule has 5 heteroatoms. The van der Waals surface area contributed by atoms with Crippen LogP contribution in [0.5, 0.6) is 5.75 Å². The molecular weight excluding hydrogens is 260 g/mol. The Morgan fingerprint density at radius 3 is 2.73 bits per heavy atom. The molecule has 15 heavy (non-hydrogen) atoms. The van der Waals surface area contributed by atoms with E-state index in [9.17, 15) is 5.11 Å². The molecule has 0 aliphatic carbocycles. The second-order valence-electron chi connectivity index (χ2n) is 3.23. The Morgan fingerprint density at radius 1 is 1.40 bits per heavy atom. The lowest BCUT2D eigenvalue weighted by Gasteiger charge is -2.04. The van der Waals surface area contributed by atoms with E-state index in [4.69, 9.17) is 10.3 Å². The zero-order chi connectivity index (χ0) is 11.0. The predicted octanol–water partition coefficient (Wildman–Crippen LogP) is 2.70. The van der Waals surface area contributed by atoms with Gasteiger partial charge in [0, 0.05) is 10.5 Å². The highest BCUT2D eigenvalue weighted by Gasteiger charge is 2.12. The second-order valence-corrected chi connectivity index (χ2v) is 4.15. The van der Waals surface area contributed by atoms with Crippen LogP contribution >= 0.6 is 15.9 Å². The number of halogens is 1. The zero-order valence-corrected chi connectivity index (χ0v) is 9.58. The van der Waals surface area contributed by atoms with Gasteiger partial charge in [0.05, 0.1) is 5.56 Å². The van der Waals surface area contributed by atoms with Gasteiger partial charge in [0.2, 0.25) is 0 Å². The fourth-order valence-electron chi connectivity index (χ4n) is 1.34. The maximum Gasteiger partial charge on any atom is 0.172 e. The van der Waals surface area contributed by atoms with Crippen LogP contribution in [0.25, 0.3) is 11.3 Å². The highest BCUT2D eigenvalue weighted by molar-refractivity contribution is 9.10. The first-order chi connectivity index (χ1) is 7.08. The predicted molar refractivity (Wildman–Crippen MR) is 60.5 cm³/mol. The van der Waals surface area contributed by atoms with Gasteiger partial charge in [-0.25, -0.2) is 0 Å². The number of phenols is 1.